The van der Waals surface area contributed by atoms with Crippen molar-refractivity contribution in [3.05, 3.63) is 108 Å². The van der Waals surface area contributed by atoms with E-state index in [4.69, 9.17) is 14.2 Å². The molecule has 1 saturated heterocycles. The standard InChI is InChI=1S/C28H33NO5/c30-16-25-27(33-18-23-12-6-2-7-13-23)28(34-19-24-14-8-3-9-15-24)26(29(25)21-31)20-32-17-22-10-4-1-5-11-22/h1-15,25-28,30-31H,16-21H2/t25-,26+,27+,28+/m0/s1. The lowest BCUT2D eigenvalue weighted by Crippen LogP contribution is -2.44. The zero-order valence-corrected chi connectivity index (χ0v) is 19.3. The van der Waals surface area contributed by atoms with Crippen LogP contribution in [0.15, 0.2) is 91.0 Å². The van der Waals surface area contributed by atoms with Crippen molar-refractivity contribution in [1.29, 1.82) is 0 Å². The highest BCUT2D eigenvalue weighted by Crippen LogP contribution is 2.31. The zero-order valence-electron chi connectivity index (χ0n) is 19.3. The van der Waals surface area contributed by atoms with Crippen LogP contribution in [-0.2, 0) is 34.0 Å². The van der Waals surface area contributed by atoms with Crippen LogP contribution in [0, 0.1) is 0 Å². The summed E-state index contributed by atoms with van der Waals surface area (Å²) < 4.78 is 18.8. The van der Waals surface area contributed by atoms with Crippen molar-refractivity contribution in [1.82, 2.24) is 4.90 Å². The summed E-state index contributed by atoms with van der Waals surface area (Å²) in [5.41, 5.74) is 3.17. The zero-order chi connectivity index (χ0) is 23.6. The number of nitrogens with zero attached hydrogens (tertiary/aromatic N) is 1. The predicted molar refractivity (Wildman–Crippen MR) is 130 cm³/mol. The van der Waals surface area contributed by atoms with E-state index in [9.17, 15) is 10.2 Å². The van der Waals surface area contributed by atoms with Gasteiger partial charge in [0.1, 0.15) is 12.2 Å². The van der Waals surface area contributed by atoms with E-state index in [1.807, 2.05) is 95.9 Å². The van der Waals surface area contributed by atoms with E-state index in [2.05, 4.69) is 0 Å². The van der Waals surface area contributed by atoms with Crippen LogP contribution in [0.25, 0.3) is 0 Å². The summed E-state index contributed by atoms with van der Waals surface area (Å²) in [6.45, 7) is 1.23. The monoisotopic (exact) mass is 463 g/mol. The van der Waals surface area contributed by atoms with E-state index in [0.29, 0.717) is 26.4 Å². The Morgan fingerprint density at radius 1 is 0.588 bits per heavy atom. The molecule has 4 rings (SSSR count). The Labute approximate surface area is 201 Å². The second-order valence-electron chi connectivity index (χ2n) is 8.50. The Hall–Kier alpha value is -2.58. The third-order valence-corrected chi connectivity index (χ3v) is 6.26. The molecule has 1 aliphatic heterocycles. The largest absolute Gasteiger partial charge is 0.395 e. The molecule has 0 bridgehead atoms. The fourth-order valence-electron chi connectivity index (χ4n) is 4.49. The third-order valence-electron chi connectivity index (χ3n) is 6.26. The lowest BCUT2D eigenvalue weighted by Gasteiger charge is -2.28. The summed E-state index contributed by atoms with van der Waals surface area (Å²) in [6.07, 6.45) is -0.810. The van der Waals surface area contributed by atoms with Gasteiger partial charge in [0.05, 0.1) is 51.8 Å². The fraction of sp³-hybridized carbons (Fsp3) is 0.357. The fourth-order valence-corrected chi connectivity index (χ4v) is 4.49. The van der Waals surface area contributed by atoms with Gasteiger partial charge in [0.25, 0.3) is 0 Å². The number of rotatable bonds is 12. The number of benzene rings is 3. The van der Waals surface area contributed by atoms with Gasteiger partial charge >= 0.3 is 0 Å². The van der Waals surface area contributed by atoms with Gasteiger partial charge in [0, 0.05) is 0 Å². The molecular weight excluding hydrogens is 430 g/mol. The van der Waals surface area contributed by atoms with Crippen LogP contribution in [-0.4, -0.2) is 59.3 Å². The molecule has 1 aliphatic rings. The number of ether oxygens (including phenoxy) is 3. The van der Waals surface area contributed by atoms with Gasteiger partial charge in [-0.15, -0.1) is 0 Å². The summed E-state index contributed by atoms with van der Waals surface area (Å²) in [5, 5.41) is 20.4. The molecule has 3 aromatic carbocycles. The van der Waals surface area contributed by atoms with Crippen molar-refractivity contribution in [2.45, 2.75) is 44.1 Å². The van der Waals surface area contributed by atoms with E-state index in [0.717, 1.165) is 16.7 Å². The van der Waals surface area contributed by atoms with E-state index in [-0.39, 0.29) is 25.5 Å². The number of aliphatic hydroxyl groups is 2. The topological polar surface area (TPSA) is 71.4 Å². The van der Waals surface area contributed by atoms with Crippen molar-refractivity contribution < 1.29 is 24.4 Å². The molecule has 0 amide bonds. The van der Waals surface area contributed by atoms with Crippen LogP contribution in [0.5, 0.6) is 0 Å². The quantitative estimate of drug-likeness (QED) is 0.429. The van der Waals surface area contributed by atoms with Gasteiger partial charge in [-0.2, -0.15) is 0 Å². The maximum atomic E-state index is 10.2. The first-order valence-corrected chi connectivity index (χ1v) is 11.7. The molecule has 180 valence electrons. The maximum Gasteiger partial charge on any atom is 0.104 e. The van der Waals surface area contributed by atoms with Gasteiger partial charge < -0.3 is 24.4 Å². The molecule has 0 aromatic heterocycles. The number of hydrogen-bond acceptors (Lipinski definition) is 6. The Balaban J connectivity index is 1.50. The number of aliphatic hydroxyl groups excluding tert-OH is 2. The molecule has 1 heterocycles. The normalized spacial score (nSPS) is 22.8. The molecular formula is C28H33NO5. The van der Waals surface area contributed by atoms with E-state index >= 15 is 0 Å². The van der Waals surface area contributed by atoms with Crippen LogP contribution in [0.1, 0.15) is 16.7 Å². The number of hydrogen-bond donors (Lipinski definition) is 2. The molecule has 6 nitrogen and oxygen atoms in total. The van der Waals surface area contributed by atoms with Crippen LogP contribution in [0.3, 0.4) is 0 Å². The molecule has 3 aromatic rings. The molecule has 0 spiro atoms. The highest BCUT2D eigenvalue weighted by molar-refractivity contribution is 5.16. The van der Waals surface area contributed by atoms with Crippen LogP contribution in [0.4, 0.5) is 0 Å². The average Bonchev–Trinajstić information content (AvgIpc) is 3.19. The Morgan fingerprint density at radius 2 is 1.03 bits per heavy atom. The van der Waals surface area contributed by atoms with Crippen molar-refractivity contribution in [2.24, 2.45) is 0 Å². The van der Waals surface area contributed by atoms with Crippen LogP contribution < -0.4 is 0 Å². The molecule has 0 radical (unpaired) electrons. The summed E-state index contributed by atoms with van der Waals surface area (Å²) in [6, 6.07) is 29.2. The second-order valence-corrected chi connectivity index (χ2v) is 8.50. The summed E-state index contributed by atoms with van der Waals surface area (Å²) in [5.74, 6) is 0. The smallest absolute Gasteiger partial charge is 0.104 e. The molecule has 2 N–H and O–H groups in total. The molecule has 1 fully saturated rings. The SMILES string of the molecule is OC[C@H]1[C@@H](OCc2ccccc2)[C@H](OCc2ccccc2)[C@@H](COCc2ccccc2)N1CO. The third kappa shape index (κ3) is 6.30. The molecule has 4 atom stereocenters. The van der Waals surface area contributed by atoms with Crippen molar-refractivity contribution in [3.63, 3.8) is 0 Å². The van der Waals surface area contributed by atoms with Crippen molar-refractivity contribution in [3.8, 4) is 0 Å². The Bertz CT molecular complexity index is 956. The molecule has 0 saturated carbocycles. The maximum absolute atomic E-state index is 10.2. The summed E-state index contributed by atoms with van der Waals surface area (Å²) in [4.78, 5) is 1.83. The lowest BCUT2D eigenvalue weighted by molar-refractivity contribution is -0.0890. The lowest BCUT2D eigenvalue weighted by atomic mass is 10.1. The van der Waals surface area contributed by atoms with Crippen LogP contribution >= 0.6 is 0 Å². The van der Waals surface area contributed by atoms with Gasteiger partial charge in [-0.1, -0.05) is 91.0 Å². The van der Waals surface area contributed by atoms with E-state index in [1.54, 1.807) is 0 Å². The minimum Gasteiger partial charge on any atom is -0.395 e. The second kappa shape index (κ2) is 12.8. The van der Waals surface area contributed by atoms with E-state index < -0.39 is 12.1 Å². The van der Waals surface area contributed by atoms with Crippen LogP contribution in [0.2, 0.25) is 0 Å². The van der Waals surface area contributed by atoms with Gasteiger partial charge in [0.2, 0.25) is 0 Å². The first-order chi connectivity index (χ1) is 16.8. The van der Waals surface area contributed by atoms with E-state index in [1.165, 1.54) is 0 Å². The van der Waals surface area contributed by atoms with Crippen molar-refractivity contribution >= 4 is 0 Å². The summed E-state index contributed by atoms with van der Waals surface area (Å²) in [7, 11) is 0. The number of likely N-dealkylation sites (tertiary alicyclic amines) is 1. The highest BCUT2D eigenvalue weighted by Gasteiger charge is 2.50. The predicted octanol–water partition coefficient (Wildman–Crippen LogP) is 3.37. The molecule has 0 unspecified atom stereocenters. The first-order valence-electron chi connectivity index (χ1n) is 11.7. The van der Waals surface area contributed by atoms with Gasteiger partial charge in [-0.25, -0.2) is 0 Å². The van der Waals surface area contributed by atoms with Crippen molar-refractivity contribution in [2.75, 3.05) is 19.9 Å². The average molecular weight is 464 g/mol. The Kier molecular flexibility index (Phi) is 9.21. The minimum absolute atomic E-state index is 0.152. The first kappa shape index (κ1) is 24.5. The Morgan fingerprint density at radius 3 is 1.47 bits per heavy atom. The highest BCUT2D eigenvalue weighted by atomic mass is 16.5. The van der Waals surface area contributed by atoms with Gasteiger partial charge in [0.15, 0.2) is 0 Å². The molecule has 34 heavy (non-hydrogen) atoms. The molecule has 6 heteroatoms. The minimum atomic E-state index is -0.425. The molecule has 0 aliphatic carbocycles. The van der Waals surface area contributed by atoms with Gasteiger partial charge in [-0.05, 0) is 16.7 Å². The van der Waals surface area contributed by atoms with Gasteiger partial charge in [-0.3, -0.25) is 4.90 Å². The summed E-state index contributed by atoms with van der Waals surface area (Å²) >= 11 is 0.